The summed E-state index contributed by atoms with van der Waals surface area (Å²) in [6.45, 7) is -0.277. The summed E-state index contributed by atoms with van der Waals surface area (Å²) in [5.74, 6) is -1.35. The van der Waals surface area contributed by atoms with Crippen molar-refractivity contribution in [2.45, 2.75) is 0 Å². The van der Waals surface area contributed by atoms with Crippen LogP contribution in [0.1, 0.15) is 5.56 Å². The van der Waals surface area contributed by atoms with Crippen LogP contribution in [0, 0.1) is 5.82 Å². The zero-order valence-corrected chi connectivity index (χ0v) is 15.7. The van der Waals surface area contributed by atoms with Crippen molar-refractivity contribution in [2.75, 3.05) is 11.9 Å². The van der Waals surface area contributed by atoms with Crippen LogP contribution in [0.4, 0.5) is 10.1 Å². The van der Waals surface area contributed by atoms with Gasteiger partial charge in [0.05, 0.1) is 10.6 Å². The number of halogens is 1. The monoisotopic (exact) mass is 414 g/mol. The summed E-state index contributed by atoms with van der Waals surface area (Å²) in [4.78, 5) is 26.4. The number of benzene rings is 2. The third-order valence-corrected chi connectivity index (χ3v) is 5.31. The number of rotatable bonds is 4. The summed E-state index contributed by atoms with van der Waals surface area (Å²) in [7, 11) is 0. The fourth-order valence-electron chi connectivity index (χ4n) is 2.61. The first-order valence-electron chi connectivity index (χ1n) is 8.04. The van der Waals surface area contributed by atoms with Crippen molar-refractivity contribution in [3.05, 3.63) is 58.8 Å². The Morgan fingerprint density at radius 1 is 1.25 bits per heavy atom. The third kappa shape index (κ3) is 3.51. The normalized spacial score (nSPS) is 15.6. The molecule has 0 aliphatic carbocycles. The Morgan fingerprint density at radius 3 is 2.89 bits per heavy atom. The lowest BCUT2D eigenvalue weighted by Crippen LogP contribution is -2.36. The van der Waals surface area contributed by atoms with E-state index in [2.05, 4.69) is 20.3 Å². The topological polar surface area (TPSA) is 88.3 Å². The number of hydrogen-bond donors (Lipinski definition) is 1. The molecule has 1 aromatic heterocycles. The molecule has 3 aromatic rings. The number of carbonyl (C=O) groups excluding carboxylic acids is 2. The minimum atomic E-state index is -0.459. The van der Waals surface area contributed by atoms with Gasteiger partial charge in [0, 0.05) is 5.56 Å². The van der Waals surface area contributed by atoms with Crippen molar-refractivity contribution in [3.63, 3.8) is 0 Å². The van der Waals surface area contributed by atoms with Crippen LogP contribution in [0.15, 0.2) is 52.0 Å². The van der Waals surface area contributed by atoms with Gasteiger partial charge in [-0.3, -0.25) is 14.5 Å². The molecule has 0 atom stereocenters. The van der Waals surface area contributed by atoms with Gasteiger partial charge in [-0.2, -0.15) is 0 Å². The second-order valence-electron chi connectivity index (χ2n) is 5.78. The highest BCUT2D eigenvalue weighted by Gasteiger charge is 2.33. The largest absolute Gasteiger partial charge is 0.322 e. The average molecular weight is 414 g/mol. The van der Waals surface area contributed by atoms with E-state index in [0.717, 1.165) is 11.8 Å². The molecule has 10 heteroatoms. The van der Waals surface area contributed by atoms with Crippen LogP contribution in [0.5, 0.6) is 0 Å². The number of thiocarbonyl (C=S) groups is 1. The van der Waals surface area contributed by atoms with Gasteiger partial charge in [0.2, 0.25) is 5.91 Å². The van der Waals surface area contributed by atoms with Crippen LogP contribution in [0.3, 0.4) is 0 Å². The van der Waals surface area contributed by atoms with Crippen LogP contribution >= 0.6 is 24.0 Å². The van der Waals surface area contributed by atoms with E-state index in [1.807, 2.05) is 0 Å². The molecule has 1 saturated heterocycles. The van der Waals surface area contributed by atoms with Gasteiger partial charge in [0.25, 0.3) is 5.91 Å². The van der Waals surface area contributed by atoms with Crippen molar-refractivity contribution < 1.29 is 18.6 Å². The molecule has 1 aliphatic rings. The standard InChI is InChI=1S/C18H11FN4O3S2/c19-11-5-2-1-4-10(11)8-14-17(25)23(18(27)28-14)9-15(24)20-12-6-3-7-13-16(12)22-26-21-13/h1-8H,9H2,(H,20,24)/b14-8+. The Kier molecular flexibility index (Phi) is 4.88. The fourth-order valence-corrected chi connectivity index (χ4v) is 3.86. The van der Waals surface area contributed by atoms with Crippen molar-refractivity contribution in [3.8, 4) is 0 Å². The van der Waals surface area contributed by atoms with Gasteiger partial charge in [0.15, 0.2) is 5.52 Å². The molecule has 2 amide bonds. The van der Waals surface area contributed by atoms with E-state index < -0.39 is 17.6 Å². The predicted octanol–water partition coefficient (Wildman–Crippen LogP) is 3.20. The highest BCUT2D eigenvalue weighted by molar-refractivity contribution is 8.26. The molecule has 0 saturated carbocycles. The van der Waals surface area contributed by atoms with E-state index in [1.54, 1.807) is 36.4 Å². The van der Waals surface area contributed by atoms with Gasteiger partial charge in [0.1, 0.15) is 22.2 Å². The maximum atomic E-state index is 13.8. The van der Waals surface area contributed by atoms with Crippen LogP contribution in [-0.2, 0) is 9.59 Å². The summed E-state index contributed by atoms with van der Waals surface area (Å²) >= 11 is 6.23. The number of nitrogens with zero attached hydrogens (tertiary/aromatic N) is 3. The maximum absolute atomic E-state index is 13.8. The molecule has 0 radical (unpaired) electrons. The van der Waals surface area contributed by atoms with E-state index >= 15 is 0 Å². The number of aromatic nitrogens is 2. The molecule has 1 fully saturated rings. The SMILES string of the molecule is O=C(CN1C(=O)/C(=C\c2ccccc2F)SC1=S)Nc1cccc2nonc12. The van der Waals surface area contributed by atoms with Gasteiger partial charge in [-0.05, 0) is 34.6 Å². The Hall–Kier alpha value is -3.11. The molecule has 1 aliphatic heterocycles. The number of fused-ring (bicyclic) bond motifs is 1. The first-order valence-corrected chi connectivity index (χ1v) is 9.26. The van der Waals surface area contributed by atoms with E-state index in [-0.39, 0.29) is 21.3 Å². The molecule has 140 valence electrons. The fraction of sp³-hybridized carbons (Fsp3) is 0.0556. The molecular weight excluding hydrogens is 403 g/mol. The van der Waals surface area contributed by atoms with Crippen LogP contribution < -0.4 is 5.32 Å². The number of carbonyl (C=O) groups is 2. The van der Waals surface area contributed by atoms with Crippen molar-refractivity contribution in [2.24, 2.45) is 0 Å². The van der Waals surface area contributed by atoms with Crippen LogP contribution in [0.25, 0.3) is 17.1 Å². The summed E-state index contributed by atoms with van der Waals surface area (Å²) in [6, 6.07) is 11.1. The molecule has 2 aromatic carbocycles. The van der Waals surface area contributed by atoms with Crippen LogP contribution in [0.2, 0.25) is 0 Å². The number of hydrogen-bond acceptors (Lipinski definition) is 7. The molecular formula is C18H11FN4O3S2. The van der Waals surface area contributed by atoms with Gasteiger partial charge in [-0.25, -0.2) is 9.02 Å². The van der Waals surface area contributed by atoms with Crippen molar-refractivity contribution in [1.29, 1.82) is 0 Å². The van der Waals surface area contributed by atoms with E-state index in [0.29, 0.717) is 16.7 Å². The zero-order chi connectivity index (χ0) is 19.7. The summed E-state index contributed by atoms with van der Waals surface area (Å²) in [5.41, 5.74) is 1.59. The lowest BCUT2D eigenvalue weighted by atomic mass is 10.2. The highest BCUT2D eigenvalue weighted by atomic mass is 32.2. The Balaban J connectivity index is 1.49. The first-order chi connectivity index (χ1) is 13.5. The second kappa shape index (κ2) is 7.49. The summed E-state index contributed by atoms with van der Waals surface area (Å²) in [6.07, 6.45) is 1.42. The third-order valence-electron chi connectivity index (χ3n) is 3.93. The van der Waals surface area contributed by atoms with Crippen molar-refractivity contribution >= 4 is 62.9 Å². The summed E-state index contributed by atoms with van der Waals surface area (Å²) in [5, 5.41) is 10.1. The molecule has 2 heterocycles. The zero-order valence-electron chi connectivity index (χ0n) is 14.1. The molecule has 4 rings (SSSR count). The van der Waals surface area contributed by atoms with Gasteiger partial charge in [-0.15, -0.1) is 0 Å². The summed E-state index contributed by atoms with van der Waals surface area (Å²) < 4.78 is 18.7. The minimum absolute atomic E-state index is 0.226. The van der Waals surface area contributed by atoms with E-state index in [1.165, 1.54) is 17.0 Å². The van der Waals surface area contributed by atoms with Crippen LogP contribution in [-0.4, -0.2) is 37.9 Å². The van der Waals surface area contributed by atoms with Gasteiger partial charge >= 0.3 is 0 Å². The number of anilines is 1. The Bertz CT molecular complexity index is 1140. The smallest absolute Gasteiger partial charge is 0.266 e. The molecule has 0 bridgehead atoms. The highest BCUT2D eigenvalue weighted by Crippen LogP contribution is 2.33. The predicted molar refractivity (Wildman–Crippen MR) is 107 cm³/mol. The van der Waals surface area contributed by atoms with Gasteiger partial charge < -0.3 is 5.32 Å². The lowest BCUT2D eigenvalue weighted by molar-refractivity contribution is -0.126. The maximum Gasteiger partial charge on any atom is 0.266 e. The Labute approximate surface area is 167 Å². The quantitative estimate of drug-likeness (QED) is 0.518. The molecule has 0 unspecified atom stereocenters. The lowest BCUT2D eigenvalue weighted by Gasteiger charge is -2.14. The Morgan fingerprint density at radius 2 is 2.07 bits per heavy atom. The van der Waals surface area contributed by atoms with E-state index in [4.69, 9.17) is 12.2 Å². The number of nitrogens with one attached hydrogen (secondary N) is 1. The second-order valence-corrected chi connectivity index (χ2v) is 7.45. The van der Waals surface area contributed by atoms with Crippen molar-refractivity contribution in [1.82, 2.24) is 15.2 Å². The molecule has 28 heavy (non-hydrogen) atoms. The number of thioether (sulfide) groups is 1. The average Bonchev–Trinajstić information content (AvgIpc) is 3.25. The molecule has 7 nitrogen and oxygen atoms in total. The first kappa shape index (κ1) is 18.3. The molecule has 1 N–H and O–H groups in total. The minimum Gasteiger partial charge on any atom is -0.322 e. The van der Waals surface area contributed by atoms with E-state index in [9.17, 15) is 14.0 Å². The van der Waals surface area contributed by atoms with Gasteiger partial charge in [-0.1, -0.05) is 48.2 Å². The number of amides is 2. The molecule has 0 spiro atoms.